The third kappa shape index (κ3) is 5.28. The van der Waals surface area contributed by atoms with Crippen LogP contribution in [0.3, 0.4) is 0 Å². The van der Waals surface area contributed by atoms with Gasteiger partial charge in [0.05, 0.1) is 26.1 Å². The van der Waals surface area contributed by atoms with Gasteiger partial charge in [-0.05, 0) is 48.2 Å². The summed E-state index contributed by atoms with van der Waals surface area (Å²) in [6.45, 7) is 0.159. The van der Waals surface area contributed by atoms with E-state index in [2.05, 4.69) is 19.9 Å². The second-order valence-corrected chi connectivity index (χ2v) is 8.62. The number of nitrogens with one attached hydrogen (secondary N) is 2. The molecule has 0 radical (unpaired) electrons. The van der Waals surface area contributed by atoms with E-state index in [1.807, 2.05) is 12.3 Å². The van der Waals surface area contributed by atoms with Crippen LogP contribution in [-0.2, 0) is 19.4 Å². The summed E-state index contributed by atoms with van der Waals surface area (Å²) in [7, 11) is 1.00. The van der Waals surface area contributed by atoms with Gasteiger partial charge in [-0.25, -0.2) is 14.4 Å². The van der Waals surface area contributed by atoms with Crippen molar-refractivity contribution in [3.8, 4) is 5.75 Å². The molecule has 2 aromatic carbocycles. The molecular formula is C24H20Cl3FN4O2. The van der Waals surface area contributed by atoms with Crippen molar-refractivity contribution in [1.29, 1.82) is 0 Å². The fourth-order valence-corrected chi connectivity index (χ4v) is 4.09. The molecule has 0 amide bonds. The number of imidazole rings is 1. The predicted octanol–water partition coefficient (Wildman–Crippen LogP) is 6.51. The lowest BCUT2D eigenvalue weighted by atomic mass is 10.0. The van der Waals surface area contributed by atoms with Crippen molar-refractivity contribution in [3.63, 3.8) is 0 Å². The Morgan fingerprint density at radius 3 is 2.56 bits per heavy atom. The predicted molar refractivity (Wildman–Crippen MR) is 134 cm³/mol. The zero-order valence-electron chi connectivity index (χ0n) is 18.0. The summed E-state index contributed by atoms with van der Waals surface area (Å²) in [5.74, 6) is 0.696. The molecule has 0 aliphatic carbocycles. The normalized spacial score (nSPS) is 11.0. The smallest absolute Gasteiger partial charge is 0.146 e. The van der Waals surface area contributed by atoms with Crippen molar-refractivity contribution in [3.05, 3.63) is 86.6 Å². The highest BCUT2D eigenvalue weighted by Gasteiger charge is 2.11. The van der Waals surface area contributed by atoms with E-state index < -0.39 is 0 Å². The third-order valence-electron chi connectivity index (χ3n) is 5.22. The lowest BCUT2D eigenvalue weighted by Crippen LogP contribution is -2.00. The molecule has 5 rings (SSSR count). The van der Waals surface area contributed by atoms with Gasteiger partial charge in [0.1, 0.15) is 29.6 Å². The molecule has 0 spiro atoms. The Labute approximate surface area is 209 Å². The first-order valence-electron chi connectivity index (χ1n) is 10.3. The van der Waals surface area contributed by atoms with Crippen LogP contribution in [0.5, 0.6) is 5.75 Å². The van der Waals surface area contributed by atoms with Crippen LogP contribution in [0.4, 0.5) is 4.39 Å². The first-order chi connectivity index (χ1) is 16.5. The van der Waals surface area contributed by atoms with Crippen LogP contribution in [0.25, 0.3) is 22.1 Å². The minimum Gasteiger partial charge on any atom is -0.486 e. The minimum absolute atomic E-state index is 0.159. The highest BCUT2D eigenvalue weighted by Crippen LogP contribution is 2.27. The van der Waals surface area contributed by atoms with Crippen molar-refractivity contribution in [2.45, 2.75) is 19.4 Å². The van der Waals surface area contributed by atoms with E-state index in [4.69, 9.17) is 44.6 Å². The van der Waals surface area contributed by atoms with Crippen molar-refractivity contribution in [1.82, 2.24) is 19.9 Å². The Morgan fingerprint density at radius 2 is 1.76 bits per heavy atom. The number of pyridine rings is 1. The minimum atomic E-state index is -0.318. The summed E-state index contributed by atoms with van der Waals surface area (Å²) in [6, 6.07) is 10.1. The first kappa shape index (κ1) is 24.3. The fourth-order valence-electron chi connectivity index (χ4n) is 3.61. The second kappa shape index (κ2) is 10.6. The van der Waals surface area contributed by atoms with Gasteiger partial charge in [-0.3, -0.25) is 0 Å². The number of aryl methyl sites for hydroxylation is 2. The Bertz CT molecular complexity index is 1410. The summed E-state index contributed by atoms with van der Waals surface area (Å²) >= 11 is 18.1. The molecule has 0 fully saturated rings. The summed E-state index contributed by atoms with van der Waals surface area (Å²) in [5, 5.41) is 9.40. The van der Waals surface area contributed by atoms with Crippen LogP contribution >= 0.6 is 34.8 Å². The monoisotopic (exact) mass is 520 g/mol. The Kier molecular flexibility index (Phi) is 7.58. The molecule has 0 unspecified atom stereocenters. The highest BCUT2D eigenvalue weighted by molar-refractivity contribution is 6.42. The van der Waals surface area contributed by atoms with Crippen LogP contribution in [0, 0.1) is 5.82 Å². The number of aromatic amines is 2. The first-order valence-corrected chi connectivity index (χ1v) is 11.4. The van der Waals surface area contributed by atoms with Crippen LogP contribution in [0.2, 0.25) is 15.1 Å². The summed E-state index contributed by atoms with van der Waals surface area (Å²) < 4.78 is 20.4. The molecule has 6 nitrogen and oxygen atoms in total. The number of hydrogen-bond donors (Lipinski definition) is 3. The molecule has 0 atom stereocenters. The van der Waals surface area contributed by atoms with Crippen LogP contribution < -0.4 is 4.74 Å². The average Bonchev–Trinajstić information content (AvgIpc) is 3.41. The fraction of sp³-hybridized carbons (Fsp3) is 0.167. The van der Waals surface area contributed by atoms with Crippen molar-refractivity contribution in [2.24, 2.45) is 0 Å². The maximum Gasteiger partial charge on any atom is 0.146 e. The molecule has 176 valence electrons. The van der Waals surface area contributed by atoms with E-state index >= 15 is 0 Å². The highest BCUT2D eigenvalue weighted by atomic mass is 35.5. The van der Waals surface area contributed by atoms with E-state index in [-0.39, 0.29) is 12.4 Å². The quantitative estimate of drug-likeness (QED) is 0.238. The number of aromatic nitrogens is 4. The van der Waals surface area contributed by atoms with Crippen molar-refractivity contribution in [2.75, 3.05) is 7.11 Å². The summed E-state index contributed by atoms with van der Waals surface area (Å²) in [6.07, 6.45) is 4.68. The van der Waals surface area contributed by atoms with Gasteiger partial charge in [0, 0.05) is 31.0 Å². The molecule has 5 aromatic rings. The van der Waals surface area contributed by atoms with Gasteiger partial charge in [-0.1, -0.05) is 40.9 Å². The Morgan fingerprint density at radius 1 is 1.00 bits per heavy atom. The Hall–Kier alpha value is -2.84. The number of nitrogens with zero attached hydrogens (tertiary/aromatic N) is 2. The molecule has 0 aliphatic heterocycles. The topological polar surface area (TPSA) is 86.8 Å². The number of aliphatic hydroxyl groups is 1. The van der Waals surface area contributed by atoms with Gasteiger partial charge in [-0.15, -0.1) is 0 Å². The number of aliphatic hydroxyl groups excluding tert-OH is 1. The maximum absolute atomic E-state index is 14.7. The van der Waals surface area contributed by atoms with Gasteiger partial charge in [0.25, 0.3) is 0 Å². The number of halogens is 4. The lowest BCUT2D eigenvalue weighted by molar-refractivity contribution is 0.296. The molecule has 0 bridgehead atoms. The number of fused-ring (bicyclic) bond motifs is 2. The molecule has 0 saturated heterocycles. The number of hydrogen-bond acceptors (Lipinski definition) is 4. The van der Waals surface area contributed by atoms with E-state index in [1.165, 1.54) is 6.07 Å². The third-order valence-corrected chi connectivity index (χ3v) is 6.15. The molecule has 0 aliphatic rings. The molecule has 10 heteroatoms. The van der Waals surface area contributed by atoms with Crippen molar-refractivity contribution >= 4 is 56.9 Å². The second-order valence-electron chi connectivity index (χ2n) is 7.37. The summed E-state index contributed by atoms with van der Waals surface area (Å²) in [4.78, 5) is 14.9. The largest absolute Gasteiger partial charge is 0.486 e. The molecule has 3 N–H and O–H groups in total. The van der Waals surface area contributed by atoms with Gasteiger partial charge in [0.15, 0.2) is 0 Å². The number of H-pyrrole nitrogens is 2. The molecule has 3 aromatic heterocycles. The lowest BCUT2D eigenvalue weighted by Gasteiger charge is -2.08. The van der Waals surface area contributed by atoms with E-state index in [0.29, 0.717) is 50.6 Å². The zero-order chi connectivity index (χ0) is 24.2. The van der Waals surface area contributed by atoms with E-state index in [9.17, 15) is 4.39 Å². The van der Waals surface area contributed by atoms with E-state index in [1.54, 1.807) is 30.5 Å². The van der Waals surface area contributed by atoms with Gasteiger partial charge >= 0.3 is 0 Å². The molecular weight excluding hydrogens is 502 g/mol. The summed E-state index contributed by atoms with van der Waals surface area (Å²) in [5.41, 5.74) is 3.86. The van der Waals surface area contributed by atoms with Crippen molar-refractivity contribution < 1.29 is 14.2 Å². The zero-order valence-corrected chi connectivity index (χ0v) is 20.3. The molecule has 0 saturated carbocycles. The van der Waals surface area contributed by atoms with Gasteiger partial charge < -0.3 is 19.8 Å². The van der Waals surface area contributed by atoms with Crippen LogP contribution in [-0.4, -0.2) is 32.2 Å². The standard InChI is InChI=1S/C23H16Cl3FN4O.CH4O/c24-14-5-16-13(9-28-23(16)29-10-14)2-1-12-3-4-15(6-19(12)27)32-11-22-30-20-7-17(25)18(26)8-21(20)31-22;1-2/h3-10H,1-2,11H2,(H,28,29)(H,30,31);2H,1H3. The van der Waals surface area contributed by atoms with Gasteiger partial charge in [-0.2, -0.15) is 0 Å². The molecule has 3 heterocycles. The number of benzene rings is 2. The maximum atomic E-state index is 14.7. The SMILES string of the molecule is CO.Fc1cc(OCc2nc3cc(Cl)c(Cl)cc3[nH]2)ccc1CCc1c[nH]c2ncc(Cl)cc12. The molecule has 34 heavy (non-hydrogen) atoms. The number of rotatable bonds is 6. The number of ether oxygens (including phenoxy) is 1. The van der Waals surface area contributed by atoms with E-state index in [0.717, 1.165) is 29.2 Å². The van der Waals surface area contributed by atoms with Gasteiger partial charge in [0.2, 0.25) is 0 Å². The van der Waals surface area contributed by atoms with Crippen LogP contribution in [0.15, 0.2) is 48.8 Å². The average molecular weight is 522 g/mol. The van der Waals surface area contributed by atoms with Crippen LogP contribution in [0.1, 0.15) is 17.0 Å². The Balaban J connectivity index is 0.00000133.